The number of nitrogens with zero attached hydrogens (tertiary/aromatic N) is 1. The van der Waals surface area contributed by atoms with E-state index in [0.717, 1.165) is 0 Å². The first kappa shape index (κ1) is 10.0. The Kier molecular flexibility index (Phi) is 3.30. The SMILES string of the molecule is N#Cc1cccc(C(=O)C(Cl)Cl)c1. The Morgan fingerprint density at radius 1 is 1.46 bits per heavy atom. The van der Waals surface area contributed by atoms with E-state index in [1.807, 2.05) is 6.07 Å². The fraction of sp³-hybridized carbons (Fsp3) is 0.111. The van der Waals surface area contributed by atoms with Gasteiger partial charge in [-0.2, -0.15) is 5.26 Å². The number of carbonyl (C=O) groups excluding carboxylic acids is 1. The summed E-state index contributed by atoms with van der Waals surface area (Å²) in [6, 6.07) is 8.17. The van der Waals surface area contributed by atoms with E-state index in [-0.39, 0.29) is 5.78 Å². The van der Waals surface area contributed by atoms with Crippen molar-refractivity contribution in [3.8, 4) is 6.07 Å². The topological polar surface area (TPSA) is 40.9 Å². The van der Waals surface area contributed by atoms with Crippen molar-refractivity contribution in [1.29, 1.82) is 5.26 Å². The van der Waals surface area contributed by atoms with Crippen LogP contribution in [-0.4, -0.2) is 10.6 Å². The Morgan fingerprint density at radius 3 is 2.69 bits per heavy atom. The van der Waals surface area contributed by atoms with Gasteiger partial charge in [-0.3, -0.25) is 4.79 Å². The number of ketones is 1. The molecule has 0 N–H and O–H groups in total. The van der Waals surface area contributed by atoms with E-state index < -0.39 is 4.84 Å². The normalized spacial score (nSPS) is 9.69. The van der Waals surface area contributed by atoms with E-state index in [9.17, 15) is 4.79 Å². The second-order valence-corrected chi connectivity index (χ2v) is 3.45. The van der Waals surface area contributed by atoms with Gasteiger partial charge in [-0.15, -0.1) is 0 Å². The van der Waals surface area contributed by atoms with Crippen molar-refractivity contribution in [2.75, 3.05) is 0 Å². The van der Waals surface area contributed by atoms with Gasteiger partial charge in [0.05, 0.1) is 11.6 Å². The van der Waals surface area contributed by atoms with E-state index in [4.69, 9.17) is 28.5 Å². The highest BCUT2D eigenvalue weighted by Crippen LogP contribution is 2.12. The van der Waals surface area contributed by atoms with Crippen molar-refractivity contribution in [3.05, 3.63) is 35.4 Å². The molecule has 0 bridgehead atoms. The third-order valence-electron chi connectivity index (χ3n) is 1.47. The molecule has 0 saturated carbocycles. The Hall–Kier alpha value is -1.04. The molecule has 2 nitrogen and oxygen atoms in total. The molecule has 1 aromatic carbocycles. The van der Waals surface area contributed by atoms with Crippen LogP contribution in [0.25, 0.3) is 0 Å². The third-order valence-corrected chi connectivity index (χ3v) is 1.87. The van der Waals surface area contributed by atoms with E-state index >= 15 is 0 Å². The molecular formula is C9H5Cl2NO. The lowest BCUT2D eigenvalue weighted by Gasteiger charge is -2.00. The number of Topliss-reactive ketones (excluding diaryl/α,β-unsaturated/α-hetero) is 1. The minimum absolute atomic E-state index is 0.356. The molecule has 0 atom stereocenters. The van der Waals surface area contributed by atoms with Crippen LogP contribution in [0.1, 0.15) is 15.9 Å². The van der Waals surface area contributed by atoms with Crippen LogP contribution < -0.4 is 0 Å². The van der Waals surface area contributed by atoms with E-state index in [2.05, 4.69) is 0 Å². The lowest BCUT2D eigenvalue weighted by molar-refractivity contribution is 0.101. The lowest BCUT2D eigenvalue weighted by atomic mass is 10.1. The molecule has 0 heterocycles. The fourth-order valence-electron chi connectivity index (χ4n) is 0.868. The number of hydrogen-bond donors (Lipinski definition) is 0. The van der Waals surface area contributed by atoms with Crippen LogP contribution in [0.3, 0.4) is 0 Å². The van der Waals surface area contributed by atoms with Gasteiger partial charge in [0.2, 0.25) is 0 Å². The number of rotatable bonds is 2. The average molecular weight is 214 g/mol. The summed E-state index contributed by atoms with van der Waals surface area (Å²) in [5.74, 6) is -0.388. The average Bonchev–Trinajstić information content (AvgIpc) is 2.16. The molecule has 1 rings (SSSR count). The Balaban J connectivity index is 3.04. The molecule has 0 amide bonds. The molecule has 0 aliphatic carbocycles. The zero-order chi connectivity index (χ0) is 9.84. The Bertz CT molecular complexity index is 368. The smallest absolute Gasteiger partial charge is 0.195 e. The van der Waals surface area contributed by atoms with Crippen molar-refractivity contribution in [1.82, 2.24) is 0 Å². The van der Waals surface area contributed by atoms with Crippen LogP contribution in [0.5, 0.6) is 0 Å². The second-order valence-electron chi connectivity index (χ2n) is 2.36. The van der Waals surface area contributed by atoms with Crippen LogP contribution >= 0.6 is 23.2 Å². The van der Waals surface area contributed by atoms with Gasteiger partial charge >= 0.3 is 0 Å². The minimum Gasteiger partial charge on any atom is -0.291 e. The quantitative estimate of drug-likeness (QED) is 0.560. The van der Waals surface area contributed by atoms with E-state index in [0.29, 0.717) is 11.1 Å². The molecule has 0 aliphatic rings. The van der Waals surface area contributed by atoms with Crippen molar-refractivity contribution in [2.45, 2.75) is 4.84 Å². The summed E-state index contributed by atoms with van der Waals surface area (Å²) >= 11 is 10.8. The number of nitriles is 1. The third kappa shape index (κ3) is 2.45. The lowest BCUT2D eigenvalue weighted by Crippen LogP contribution is -2.07. The summed E-state index contributed by atoms with van der Waals surface area (Å²) in [5.41, 5.74) is 0.772. The first-order valence-electron chi connectivity index (χ1n) is 3.47. The zero-order valence-corrected chi connectivity index (χ0v) is 8.01. The molecule has 0 radical (unpaired) electrons. The fourth-order valence-corrected chi connectivity index (χ4v) is 1.12. The van der Waals surface area contributed by atoms with Gasteiger partial charge in [0, 0.05) is 5.56 Å². The maximum Gasteiger partial charge on any atom is 0.195 e. The predicted octanol–water partition coefficient (Wildman–Crippen LogP) is 2.54. The van der Waals surface area contributed by atoms with Gasteiger partial charge < -0.3 is 0 Å². The highest BCUT2D eigenvalue weighted by atomic mass is 35.5. The van der Waals surface area contributed by atoms with Crippen LogP contribution in [-0.2, 0) is 0 Å². The monoisotopic (exact) mass is 213 g/mol. The summed E-state index contributed by atoms with van der Waals surface area (Å²) in [7, 11) is 0. The molecule has 0 aliphatic heterocycles. The highest BCUT2D eigenvalue weighted by molar-refractivity contribution is 6.55. The number of hydrogen-bond acceptors (Lipinski definition) is 2. The summed E-state index contributed by atoms with van der Waals surface area (Å²) in [5, 5.41) is 8.56. The standard InChI is InChI=1S/C9H5Cl2NO/c10-9(11)8(13)7-3-1-2-6(4-7)5-12/h1-4,9H. The molecule has 0 aromatic heterocycles. The minimum atomic E-state index is -1.08. The molecular weight excluding hydrogens is 209 g/mol. The van der Waals surface area contributed by atoms with Gasteiger partial charge in [-0.1, -0.05) is 35.3 Å². The summed E-state index contributed by atoms with van der Waals surface area (Å²) in [4.78, 5) is 10.2. The molecule has 13 heavy (non-hydrogen) atoms. The molecule has 1 aromatic rings. The highest BCUT2D eigenvalue weighted by Gasteiger charge is 2.13. The Morgan fingerprint density at radius 2 is 2.15 bits per heavy atom. The molecule has 0 unspecified atom stereocenters. The van der Waals surface area contributed by atoms with Crippen LogP contribution in [0, 0.1) is 11.3 Å². The summed E-state index contributed by atoms with van der Waals surface area (Å²) in [6.07, 6.45) is 0. The number of halogens is 2. The van der Waals surface area contributed by atoms with Crippen molar-refractivity contribution < 1.29 is 4.79 Å². The van der Waals surface area contributed by atoms with Gasteiger partial charge in [0.15, 0.2) is 10.6 Å². The molecule has 66 valence electrons. The van der Waals surface area contributed by atoms with Crippen molar-refractivity contribution in [3.63, 3.8) is 0 Å². The first-order chi connectivity index (χ1) is 6.15. The van der Waals surface area contributed by atoms with Gasteiger partial charge in [0.1, 0.15) is 0 Å². The number of alkyl halides is 2. The molecule has 0 saturated heterocycles. The van der Waals surface area contributed by atoms with E-state index in [1.165, 1.54) is 6.07 Å². The summed E-state index contributed by atoms with van der Waals surface area (Å²) in [6.45, 7) is 0. The van der Waals surface area contributed by atoms with Crippen LogP contribution in [0.15, 0.2) is 24.3 Å². The molecule has 4 heteroatoms. The van der Waals surface area contributed by atoms with Crippen LogP contribution in [0.2, 0.25) is 0 Å². The number of benzene rings is 1. The van der Waals surface area contributed by atoms with E-state index in [1.54, 1.807) is 18.2 Å². The van der Waals surface area contributed by atoms with Gasteiger partial charge in [0.25, 0.3) is 0 Å². The molecule has 0 spiro atoms. The maximum absolute atomic E-state index is 11.2. The zero-order valence-electron chi connectivity index (χ0n) is 6.50. The van der Waals surface area contributed by atoms with Crippen molar-refractivity contribution >= 4 is 29.0 Å². The maximum atomic E-state index is 11.2. The van der Waals surface area contributed by atoms with Crippen LogP contribution in [0.4, 0.5) is 0 Å². The number of carbonyl (C=O) groups is 1. The largest absolute Gasteiger partial charge is 0.291 e. The molecule has 0 fully saturated rings. The Labute approximate surface area is 85.7 Å². The first-order valence-corrected chi connectivity index (χ1v) is 4.35. The van der Waals surface area contributed by atoms with Gasteiger partial charge in [-0.05, 0) is 12.1 Å². The summed E-state index contributed by atoms with van der Waals surface area (Å²) < 4.78 is 0. The second kappa shape index (κ2) is 4.27. The van der Waals surface area contributed by atoms with Crippen molar-refractivity contribution in [2.24, 2.45) is 0 Å². The predicted molar refractivity (Wildman–Crippen MR) is 51.0 cm³/mol. The van der Waals surface area contributed by atoms with Gasteiger partial charge in [-0.25, -0.2) is 0 Å².